The van der Waals surface area contributed by atoms with Crippen molar-refractivity contribution in [3.63, 3.8) is 0 Å². The highest BCUT2D eigenvalue weighted by molar-refractivity contribution is 14.0. The Morgan fingerprint density at radius 3 is 2.62 bits per heavy atom. The van der Waals surface area contributed by atoms with Gasteiger partial charge in [0.2, 0.25) is 5.89 Å². The van der Waals surface area contributed by atoms with Crippen molar-refractivity contribution in [2.75, 3.05) is 13.6 Å². The average molecular weight is 483 g/mol. The molecule has 0 unspecified atom stereocenters. The third-order valence-corrected chi connectivity index (χ3v) is 4.51. The summed E-state index contributed by atoms with van der Waals surface area (Å²) in [4.78, 5) is 9.74. The van der Waals surface area contributed by atoms with Crippen LogP contribution in [0.2, 0.25) is 4.34 Å². The zero-order valence-electron chi connectivity index (χ0n) is 14.4. The molecule has 8 heteroatoms. The lowest BCUT2D eigenvalue weighted by molar-refractivity contribution is 0.379. The number of nitrogens with one attached hydrogen (secondary N) is 2. The van der Waals surface area contributed by atoms with E-state index in [1.54, 1.807) is 24.6 Å². The topological polar surface area (TPSA) is 62.5 Å². The van der Waals surface area contributed by atoms with Crippen LogP contribution in [0.5, 0.6) is 0 Å². The first-order valence-corrected chi connectivity index (χ1v) is 8.72. The number of aromatic nitrogens is 1. The normalized spacial score (nSPS) is 12.0. The van der Waals surface area contributed by atoms with Crippen LogP contribution in [0.3, 0.4) is 0 Å². The van der Waals surface area contributed by atoms with E-state index in [9.17, 15) is 0 Å². The molecule has 2 N–H and O–H groups in total. The summed E-state index contributed by atoms with van der Waals surface area (Å²) in [5.74, 6) is 2.26. The second-order valence-corrected chi connectivity index (χ2v) is 7.98. The summed E-state index contributed by atoms with van der Waals surface area (Å²) in [6, 6.07) is 3.97. The number of hydrogen-bond donors (Lipinski definition) is 2. The van der Waals surface area contributed by atoms with Crippen LogP contribution in [0, 0.1) is 0 Å². The van der Waals surface area contributed by atoms with Crippen molar-refractivity contribution >= 4 is 52.9 Å². The Morgan fingerprint density at radius 2 is 2.08 bits per heavy atom. The minimum Gasteiger partial charge on any atom is -0.443 e. The number of halogens is 2. The first-order valence-electron chi connectivity index (χ1n) is 7.52. The average Bonchev–Trinajstić information content (AvgIpc) is 3.11. The predicted molar refractivity (Wildman–Crippen MR) is 112 cm³/mol. The van der Waals surface area contributed by atoms with Crippen LogP contribution in [0.25, 0.3) is 0 Å². The van der Waals surface area contributed by atoms with Gasteiger partial charge in [0.1, 0.15) is 5.76 Å². The molecule has 0 bridgehead atoms. The molecule has 2 aromatic heterocycles. The van der Waals surface area contributed by atoms with Crippen LogP contribution in [0.1, 0.15) is 37.3 Å². The van der Waals surface area contributed by atoms with Gasteiger partial charge < -0.3 is 15.1 Å². The molecule has 0 aliphatic heterocycles. The van der Waals surface area contributed by atoms with Gasteiger partial charge in [0, 0.05) is 23.9 Å². The zero-order chi connectivity index (χ0) is 16.9. The number of nitrogens with zero attached hydrogens (tertiary/aromatic N) is 2. The fraction of sp³-hybridized carbons (Fsp3) is 0.500. The van der Waals surface area contributed by atoms with Gasteiger partial charge in [-0.15, -0.1) is 35.3 Å². The third kappa shape index (κ3) is 6.60. The molecule has 0 aliphatic carbocycles. The van der Waals surface area contributed by atoms with Crippen molar-refractivity contribution in [1.29, 1.82) is 0 Å². The largest absolute Gasteiger partial charge is 0.443 e. The zero-order valence-corrected chi connectivity index (χ0v) is 18.3. The lowest BCUT2D eigenvalue weighted by Crippen LogP contribution is -2.37. The Balaban J connectivity index is 0.00000288. The molecule has 0 fully saturated rings. The minimum absolute atomic E-state index is 0. The monoisotopic (exact) mass is 482 g/mol. The molecule has 0 aliphatic rings. The van der Waals surface area contributed by atoms with Gasteiger partial charge in [0.15, 0.2) is 5.96 Å². The van der Waals surface area contributed by atoms with Crippen LogP contribution in [0.15, 0.2) is 27.7 Å². The molecule has 24 heavy (non-hydrogen) atoms. The Hall–Kier alpha value is -0.800. The standard InChI is InChI=1S/C16H23ClN4OS.HI/c1-16(2,3)12-9-20-14(22-12)10-21-15(18-4)19-8-7-11-5-6-13(17)23-11;/h5-6,9H,7-8,10H2,1-4H3,(H2,18,19,21);1H. The third-order valence-electron chi connectivity index (χ3n) is 3.22. The van der Waals surface area contributed by atoms with Crippen molar-refractivity contribution in [3.8, 4) is 0 Å². The molecule has 0 saturated carbocycles. The number of oxazole rings is 1. The molecule has 5 nitrogen and oxygen atoms in total. The molecule has 2 aromatic rings. The Labute approximate surface area is 169 Å². The van der Waals surface area contributed by atoms with E-state index in [1.807, 2.05) is 12.1 Å². The van der Waals surface area contributed by atoms with Crippen molar-refractivity contribution < 1.29 is 4.42 Å². The minimum atomic E-state index is -0.0346. The Bertz CT molecular complexity index is 663. The molecule has 2 heterocycles. The second kappa shape index (κ2) is 9.62. The van der Waals surface area contributed by atoms with Crippen molar-refractivity contribution in [2.24, 2.45) is 4.99 Å². The second-order valence-electron chi connectivity index (χ2n) is 6.18. The van der Waals surface area contributed by atoms with Gasteiger partial charge in [-0.2, -0.15) is 0 Å². The van der Waals surface area contributed by atoms with Gasteiger partial charge >= 0.3 is 0 Å². The molecule has 0 atom stereocenters. The smallest absolute Gasteiger partial charge is 0.213 e. The highest BCUT2D eigenvalue weighted by atomic mass is 127. The number of thiophene rings is 1. The van der Waals surface area contributed by atoms with Crippen molar-refractivity contribution in [1.82, 2.24) is 15.6 Å². The van der Waals surface area contributed by atoms with E-state index >= 15 is 0 Å². The van der Waals surface area contributed by atoms with Gasteiger partial charge in [0.05, 0.1) is 17.1 Å². The van der Waals surface area contributed by atoms with Gasteiger partial charge in [-0.3, -0.25) is 4.99 Å². The van der Waals surface area contributed by atoms with E-state index in [0.717, 1.165) is 29.0 Å². The van der Waals surface area contributed by atoms with Gasteiger partial charge in [-0.1, -0.05) is 32.4 Å². The molecule has 0 spiro atoms. The summed E-state index contributed by atoms with van der Waals surface area (Å²) in [6.45, 7) is 7.59. The summed E-state index contributed by atoms with van der Waals surface area (Å²) in [5.41, 5.74) is -0.0346. The summed E-state index contributed by atoms with van der Waals surface area (Å²) in [6.07, 6.45) is 2.69. The van der Waals surface area contributed by atoms with Crippen LogP contribution < -0.4 is 10.6 Å². The Kier molecular flexibility index (Phi) is 8.52. The molecule has 2 rings (SSSR count). The predicted octanol–water partition coefficient (Wildman–Crippen LogP) is 4.21. The number of guanidine groups is 1. The maximum Gasteiger partial charge on any atom is 0.213 e. The SMILES string of the molecule is CN=C(NCCc1ccc(Cl)s1)NCc1ncc(C(C)(C)C)o1.I. The number of aliphatic imine (C=N–C) groups is 1. The maximum absolute atomic E-state index is 5.93. The summed E-state index contributed by atoms with van der Waals surface area (Å²) >= 11 is 7.53. The summed E-state index contributed by atoms with van der Waals surface area (Å²) < 4.78 is 6.57. The van der Waals surface area contributed by atoms with Crippen LogP contribution >= 0.6 is 46.9 Å². The van der Waals surface area contributed by atoms with Gasteiger partial charge in [0.25, 0.3) is 0 Å². The fourth-order valence-corrected chi connectivity index (χ4v) is 3.00. The number of rotatable bonds is 5. The summed E-state index contributed by atoms with van der Waals surface area (Å²) in [7, 11) is 1.74. The van der Waals surface area contributed by atoms with Crippen molar-refractivity contribution in [2.45, 2.75) is 39.2 Å². The van der Waals surface area contributed by atoms with Crippen molar-refractivity contribution in [3.05, 3.63) is 39.2 Å². The molecule has 134 valence electrons. The lowest BCUT2D eigenvalue weighted by atomic mass is 9.94. The molecule has 0 aromatic carbocycles. The van der Waals surface area contributed by atoms with E-state index in [4.69, 9.17) is 16.0 Å². The van der Waals surface area contributed by atoms with E-state index in [0.29, 0.717) is 12.4 Å². The fourth-order valence-electron chi connectivity index (χ4n) is 1.91. The van der Waals surface area contributed by atoms with E-state index < -0.39 is 0 Å². The molecule has 0 saturated heterocycles. The van der Waals surface area contributed by atoms with E-state index in [1.165, 1.54) is 4.88 Å². The highest BCUT2D eigenvalue weighted by Gasteiger charge is 2.19. The van der Waals surface area contributed by atoms with E-state index in [-0.39, 0.29) is 29.4 Å². The van der Waals surface area contributed by atoms with Crippen LogP contribution in [-0.2, 0) is 18.4 Å². The Morgan fingerprint density at radius 1 is 1.33 bits per heavy atom. The molecule has 0 amide bonds. The van der Waals surface area contributed by atoms with Crippen LogP contribution in [-0.4, -0.2) is 24.5 Å². The quantitative estimate of drug-likeness (QED) is 0.381. The maximum atomic E-state index is 5.93. The first kappa shape index (κ1) is 21.2. The first-order chi connectivity index (χ1) is 10.9. The number of hydrogen-bond acceptors (Lipinski definition) is 4. The van der Waals surface area contributed by atoms with Gasteiger partial charge in [-0.05, 0) is 18.6 Å². The van der Waals surface area contributed by atoms with E-state index in [2.05, 4.69) is 41.4 Å². The molecule has 0 radical (unpaired) electrons. The van der Waals surface area contributed by atoms with Crippen LogP contribution in [0.4, 0.5) is 0 Å². The van der Waals surface area contributed by atoms with Gasteiger partial charge in [-0.25, -0.2) is 4.98 Å². The lowest BCUT2D eigenvalue weighted by Gasteiger charge is -2.13. The molecular formula is C16H24ClIN4OS. The molecular weight excluding hydrogens is 459 g/mol. The summed E-state index contributed by atoms with van der Waals surface area (Å²) in [5, 5.41) is 6.47. The highest BCUT2D eigenvalue weighted by Crippen LogP contribution is 2.22.